The molecule has 0 aliphatic heterocycles. The number of anilines is 1. The number of para-hydroxylation sites is 1. The van der Waals surface area contributed by atoms with Gasteiger partial charge in [0.2, 0.25) is 0 Å². The van der Waals surface area contributed by atoms with Gasteiger partial charge in [0.25, 0.3) is 0 Å². The van der Waals surface area contributed by atoms with Gasteiger partial charge < -0.3 is 14.8 Å². The molecule has 0 bridgehead atoms. The summed E-state index contributed by atoms with van der Waals surface area (Å²) in [5, 5.41) is 17.5. The molecule has 0 aliphatic carbocycles. The van der Waals surface area contributed by atoms with Crippen molar-refractivity contribution in [3.05, 3.63) is 94.0 Å². The van der Waals surface area contributed by atoms with Gasteiger partial charge in [-0.05, 0) is 43.7 Å². The highest BCUT2D eigenvalue weighted by Crippen LogP contribution is 2.32. The van der Waals surface area contributed by atoms with Crippen molar-refractivity contribution in [1.29, 1.82) is 0 Å². The van der Waals surface area contributed by atoms with Gasteiger partial charge in [0, 0.05) is 29.7 Å². The fraction of sp³-hybridized carbons (Fsp3) is 0.120. The number of carbonyl (C=O) groups is 1. The monoisotopic (exact) mass is 440 g/mol. The molecule has 2 aromatic carbocycles. The summed E-state index contributed by atoms with van der Waals surface area (Å²) in [6.07, 6.45) is 5.04. The molecule has 0 aliphatic rings. The molecule has 0 radical (unpaired) electrons. The van der Waals surface area contributed by atoms with Crippen LogP contribution in [0.5, 0.6) is 0 Å². The number of aromatic nitrogens is 3. The second-order valence-electron chi connectivity index (χ2n) is 7.87. The smallest absolute Gasteiger partial charge is 0.337 e. The Hall–Kier alpha value is -4.46. The molecule has 33 heavy (non-hydrogen) atoms. The largest absolute Gasteiger partial charge is 0.478 e. The van der Waals surface area contributed by atoms with E-state index in [-0.39, 0.29) is 17.0 Å². The maximum atomic E-state index is 13.1. The van der Waals surface area contributed by atoms with Gasteiger partial charge >= 0.3 is 5.97 Å². The van der Waals surface area contributed by atoms with Crippen molar-refractivity contribution in [1.82, 2.24) is 14.6 Å². The van der Waals surface area contributed by atoms with E-state index in [1.54, 1.807) is 59.5 Å². The Morgan fingerprint density at radius 2 is 2.00 bits per heavy atom. The summed E-state index contributed by atoms with van der Waals surface area (Å²) >= 11 is 0. The fourth-order valence-corrected chi connectivity index (χ4v) is 4.00. The number of carboxylic acid groups (broad SMARTS) is 1. The summed E-state index contributed by atoms with van der Waals surface area (Å²) in [6.45, 7) is 3.81. The lowest BCUT2D eigenvalue weighted by atomic mass is 10.0. The molecule has 5 aromatic rings. The van der Waals surface area contributed by atoms with Crippen LogP contribution in [0.4, 0.5) is 5.69 Å². The highest BCUT2D eigenvalue weighted by Gasteiger charge is 2.19. The SMILES string of the molecule is Cc1cc(C(C)Nc2ccccc2C(=O)O)c2oc(-c3cnn4cccnc34)cc(=O)c2c1. The van der Waals surface area contributed by atoms with Crippen LogP contribution in [0.15, 0.2) is 76.3 Å². The molecular formula is C25H20N4O4. The van der Waals surface area contributed by atoms with Crippen LogP contribution in [0.2, 0.25) is 0 Å². The van der Waals surface area contributed by atoms with Crippen LogP contribution in [0.25, 0.3) is 27.9 Å². The average molecular weight is 440 g/mol. The summed E-state index contributed by atoms with van der Waals surface area (Å²) in [7, 11) is 0. The lowest BCUT2D eigenvalue weighted by Crippen LogP contribution is -2.12. The number of benzene rings is 2. The Balaban J connectivity index is 1.66. The first-order valence-electron chi connectivity index (χ1n) is 10.4. The summed E-state index contributed by atoms with van der Waals surface area (Å²) < 4.78 is 7.88. The normalized spacial score (nSPS) is 12.2. The third-order valence-electron chi connectivity index (χ3n) is 5.54. The predicted molar refractivity (Wildman–Crippen MR) is 125 cm³/mol. The van der Waals surface area contributed by atoms with Crippen LogP contribution in [-0.4, -0.2) is 25.7 Å². The number of nitrogens with zero attached hydrogens (tertiary/aromatic N) is 3. The highest BCUT2D eigenvalue weighted by atomic mass is 16.4. The van der Waals surface area contributed by atoms with Crippen LogP contribution in [0.3, 0.4) is 0 Å². The third kappa shape index (κ3) is 3.61. The molecule has 8 nitrogen and oxygen atoms in total. The van der Waals surface area contributed by atoms with Crippen LogP contribution in [0.1, 0.15) is 34.5 Å². The minimum absolute atomic E-state index is 0.167. The Bertz CT molecular complexity index is 1590. The molecule has 3 heterocycles. The molecule has 0 amide bonds. The number of nitrogens with one attached hydrogen (secondary N) is 1. The van der Waals surface area contributed by atoms with E-state index >= 15 is 0 Å². The van der Waals surface area contributed by atoms with E-state index in [4.69, 9.17) is 4.42 Å². The van der Waals surface area contributed by atoms with Crippen molar-refractivity contribution in [2.24, 2.45) is 0 Å². The molecule has 164 valence electrons. The maximum absolute atomic E-state index is 13.1. The van der Waals surface area contributed by atoms with Gasteiger partial charge in [0.05, 0.1) is 28.8 Å². The second-order valence-corrected chi connectivity index (χ2v) is 7.87. The zero-order valence-electron chi connectivity index (χ0n) is 17.9. The van der Waals surface area contributed by atoms with E-state index in [0.717, 1.165) is 11.1 Å². The van der Waals surface area contributed by atoms with E-state index in [1.165, 1.54) is 6.07 Å². The van der Waals surface area contributed by atoms with E-state index in [0.29, 0.717) is 33.6 Å². The van der Waals surface area contributed by atoms with E-state index in [2.05, 4.69) is 15.4 Å². The van der Waals surface area contributed by atoms with Gasteiger partial charge in [-0.2, -0.15) is 5.10 Å². The summed E-state index contributed by atoms with van der Waals surface area (Å²) in [6, 6.07) is 13.3. The first-order chi connectivity index (χ1) is 15.9. The van der Waals surface area contributed by atoms with Gasteiger partial charge in [-0.25, -0.2) is 14.3 Å². The number of hydrogen-bond acceptors (Lipinski definition) is 6. The summed E-state index contributed by atoms with van der Waals surface area (Å²) in [5.41, 5.74) is 3.74. The Kier molecular flexibility index (Phi) is 4.90. The first-order valence-corrected chi connectivity index (χ1v) is 10.4. The van der Waals surface area contributed by atoms with Crippen LogP contribution < -0.4 is 10.7 Å². The number of aromatic carboxylic acids is 1. The minimum Gasteiger partial charge on any atom is -0.478 e. The van der Waals surface area contributed by atoms with Gasteiger partial charge in [0.15, 0.2) is 11.1 Å². The number of aryl methyl sites for hydroxylation is 1. The highest BCUT2D eigenvalue weighted by molar-refractivity contribution is 5.94. The lowest BCUT2D eigenvalue weighted by molar-refractivity contribution is 0.0698. The number of fused-ring (bicyclic) bond motifs is 2. The van der Waals surface area contributed by atoms with Crippen molar-refractivity contribution in [3.63, 3.8) is 0 Å². The zero-order chi connectivity index (χ0) is 23.1. The average Bonchev–Trinajstić information content (AvgIpc) is 3.23. The maximum Gasteiger partial charge on any atom is 0.337 e. The minimum atomic E-state index is -1.02. The second kappa shape index (κ2) is 7.90. The van der Waals surface area contributed by atoms with E-state index < -0.39 is 5.97 Å². The number of rotatable bonds is 5. The van der Waals surface area contributed by atoms with Crippen molar-refractivity contribution < 1.29 is 14.3 Å². The lowest BCUT2D eigenvalue weighted by Gasteiger charge is -2.19. The van der Waals surface area contributed by atoms with Crippen molar-refractivity contribution in [2.75, 3.05) is 5.32 Å². The standard InChI is InChI=1S/C25H20N4O4/c1-14-10-17(15(2)28-20-7-4-3-6-16(20)25(31)32)23-18(11-14)21(30)12-22(33-23)19-13-27-29-9-5-8-26-24(19)29/h3-13,15,28H,1-2H3,(H,31,32). The van der Waals surface area contributed by atoms with Crippen molar-refractivity contribution in [3.8, 4) is 11.3 Å². The molecule has 8 heteroatoms. The van der Waals surface area contributed by atoms with Crippen molar-refractivity contribution >= 4 is 28.3 Å². The molecule has 1 unspecified atom stereocenters. The summed E-state index contributed by atoms with van der Waals surface area (Å²) in [4.78, 5) is 29.0. The van der Waals surface area contributed by atoms with E-state index in [1.807, 2.05) is 19.9 Å². The van der Waals surface area contributed by atoms with Gasteiger partial charge in [0.1, 0.15) is 11.3 Å². The van der Waals surface area contributed by atoms with Crippen LogP contribution >= 0.6 is 0 Å². The molecule has 1 atom stereocenters. The Labute approximate surface area is 188 Å². The fourth-order valence-electron chi connectivity index (χ4n) is 4.00. The van der Waals surface area contributed by atoms with Gasteiger partial charge in [-0.1, -0.05) is 18.2 Å². The number of carboxylic acids is 1. The first kappa shape index (κ1) is 20.4. The predicted octanol–water partition coefficient (Wildman–Crippen LogP) is 4.68. The van der Waals surface area contributed by atoms with Crippen LogP contribution in [0, 0.1) is 6.92 Å². The molecule has 0 saturated carbocycles. The topological polar surface area (TPSA) is 110 Å². The zero-order valence-corrected chi connectivity index (χ0v) is 17.9. The molecule has 0 saturated heterocycles. The molecule has 0 spiro atoms. The number of hydrogen-bond donors (Lipinski definition) is 2. The third-order valence-corrected chi connectivity index (χ3v) is 5.54. The van der Waals surface area contributed by atoms with Gasteiger partial charge in [-0.3, -0.25) is 4.79 Å². The Morgan fingerprint density at radius 3 is 2.82 bits per heavy atom. The quantitative estimate of drug-likeness (QED) is 0.408. The molecule has 3 aromatic heterocycles. The molecule has 5 rings (SSSR count). The molecule has 0 fully saturated rings. The van der Waals surface area contributed by atoms with Crippen molar-refractivity contribution in [2.45, 2.75) is 19.9 Å². The van der Waals surface area contributed by atoms with Gasteiger partial charge in [-0.15, -0.1) is 0 Å². The molecule has 2 N–H and O–H groups in total. The molecular weight excluding hydrogens is 420 g/mol. The Morgan fingerprint density at radius 1 is 1.18 bits per heavy atom. The summed E-state index contributed by atoms with van der Waals surface area (Å²) in [5.74, 6) is -0.654. The van der Waals surface area contributed by atoms with E-state index in [9.17, 15) is 14.7 Å². The van der Waals surface area contributed by atoms with Crippen LogP contribution in [-0.2, 0) is 0 Å².